The van der Waals surface area contributed by atoms with E-state index in [0.29, 0.717) is 23.1 Å². The van der Waals surface area contributed by atoms with Crippen LogP contribution in [-0.4, -0.2) is 28.7 Å². The molecule has 0 saturated heterocycles. The molecule has 0 fully saturated rings. The summed E-state index contributed by atoms with van der Waals surface area (Å²) >= 11 is 0. The Morgan fingerprint density at radius 1 is 1.15 bits per heavy atom. The first-order valence-electron chi connectivity index (χ1n) is 8.06. The van der Waals surface area contributed by atoms with E-state index in [9.17, 15) is 9.50 Å². The predicted octanol–water partition coefficient (Wildman–Crippen LogP) is 3.51. The Bertz CT molecular complexity index is 875. The lowest BCUT2D eigenvalue weighted by Crippen LogP contribution is -2.13. The molecule has 0 amide bonds. The summed E-state index contributed by atoms with van der Waals surface area (Å²) in [6, 6.07) is 15.0. The van der Waals surface area contributed by atoms with Gasteiger partial charge in [0.25, 0.3) is 0 Å². The lowest BCUT2D eigenvalue weighted by molar-refractivity contribution is 0.191. The van der Waals surface area contributed by atoms with Gasteiger partial charge in [-0.05, 0) is 35.9 Å². The number of benzene rings is 2. The highest BCUT2D eigenvalue weighted by molar-refractivity contribution is 5.62. The van der Waals surface area contributed by atoms with E-state index in [1.807, 2.05) is 24.3 Å². The smallest absolute Gasteiger partial charge is 0.229 e. The van der Waals surface area contributed by atoms with Crippen LogP contribution in [-0.2, 0) is 0 Å². The number of hydrogen-bond acceptors (Lipinski definition) is 6. The van der Waals surface area contributed by atoms with E-state index in [4.69, 9.17) is 4.74 Å². The Hall–Kier alpha value is -3.19. The van der Waals surface area contributed by atoms with Crippen molar-refractivity contribution in [2.24, 2.45) is 0 Å². The average Bonchev–Trinajstić information content (AvgIpc) is 2.67. The average molecular weight is 354 g/mol. The van der Waals surface area contributed by atoms with Gasteiger partial charge < -0.3 is 20.5 Å². The van der Waals surface area contributed by atoms with E-state index >= 15 is 0 Å². The predicted molar refractivity (Wildman–Crippen MR) is 98.2 cm³/mol. The van der Waals surface area contributed by atoms with E-state index < -0.39 is 6.10 Å². The zero-order valence-corrected chi connectivity index (χ0v) is 14.2. The van der Waals surface area contributed by atoms with Crippen molar-refractivity contribution in [2.45, 2.75) is 6.10 Å². The van der Waals surface area contributed by atoms with Gasteiger partial charge in [0, 0.05) is 12.7 Å². The molecule has 3 aromatic rings. The highest BCUT2D eigenvalue weighted by atomic mass is 19.1. The molecule has 0 bridgehead atoms. The second kappa shape index (κ2) is 8.26. The van der Waals surface area contributed by atoms with E-state index in [1.165, 1.54) is 12.1 Å². The lowest BCUT2D eigenvalue weighted by Gasteiger charge is -2.14. The maximum absolute atomic E-state index is 13.2. The van der Waals surface area contributed by atoms with Crippen molar-refractivity contribution in [2.75, 3.05) is 24.3 Å². The van der Waals surface area contributed by atoms with Crippen LogP contribution in [0.5, 0.6) is 5.75 Å². The monoisotopic (exact) mass is 354 g/mol. The van der Waals surface area contributed by atoms with E-state index in [0.717, 1.165) is 5.69 Å². The molecule has 3 rings (SSSR count). The number of aliphatic hydroxyl groups is 1. The molecule has 6 nitrogen and oxygen atoms in total. The van der Waals surface area contributed by atoms with Gasteiger partial charge in [0.05, 0.1) is 18.9 Å². The third-order valence-electron chi connectivity index (χ3n) is 3.72. The van der Waals surface area contributed by atoms with Crippen molar-refractivity contribution in [3.05, 3.63) is 72.2 Å². The fourth-order valence-electron chi connectivity index (χ4n) is 2.42. The number of para-hydroxylation sites is 2. The molecule has 7 heteroatoms. The Kier molecular flexibility index (Phi) is 5.60. The van der Waals surface area contributed by atoms with Crippen LogP contribution in [0.4, 0.5) is 21.8 Å². The summed E-state index contributed by atoms with van der Waals surface area (Å²) in [5.41, 5.74) is 1.24. The standard InChI is InChI=1S/C19H19FN4O2/c1-26-17-8-3-2-7-15(17)23-19-21-10-9-18(24-19)22-12-16(25)13-5-4-6-14(20)11-13/h2-11,16,25H,12H2,1H3,(H2,21,22,23,24). The van der Waals surface area contributed by atoms with Crippen LogP contribution in [0.25, 0.3) is 0 Å². The first-order valence-corrected chi connectivity index (χ1v) is 8.06. The van der Waals surface area contributed by atoms with Gasteiger partial charge in [-0.15, -0.1) is 0 Å². The molecule has 26 heavy (non-hydrogen) atoms. The highest BCUT2D eigenvalue weighted by Crippen LogP contribution is 2.25. The topological polar surface area (TPSA) is 79.3 Å². The van der Waals surface area contributed by atoms with Crippen LogP contribution >= 0.6 is 0 Å². The summed E-state index contributed by atoms with van der Waals surface area (Å²) < 4.78 is 18.5. The Balaban J connectivity index is 1.66. The summed E-state index contributed by atoms with van der Waals surface area (Å²) in [5.74, 6) is 1.22. The molecule has 3 N–H and O–H groups in total. The van der Waals surface area contributed by atoms with Crippen molar-refractivity contribution in [1.82, 2.24) is 9.97 Å². The van der Waals surface area contributed by atoms with E-state index in [1.54, 1.807) is 31.5 Å². The van der Waals surface area contributed by atoms with E-state index in [-0.39, 0.29) is 12.4 Å². The molecular formula is C19H19FN4O2. The van der Waals surface area contributed by atoms with Crippen molar-refractivity contribution in [3.63, 3.8) is 0 Å². The molecule has 0 aliphatic carbocycles. The first-order chi connectivity index (χ1) is 12.7. The second-order valence-corrected chi connectivity index (χ2v) is 5.54. The molecule has 0 aliphatic rings. The van der Waals surface area contributed by atoms with Gasteiger partial charge in [0.15, 0.2) is 0 Å². The van der Waals surface area contributed by atoms with Crippen LogP contribution in [0.1, 0.15) is 11.7 Å². The number of hydrogen-bond donors (Lipinski definition) is 3. The molecule has 1 atom stereocenters. The maximum Gasteiger partial charge on any atom is 0.229 e. The first kappa shape index (κ1) is 17.6. The van der Waals surface area contributed by atoms with Crippen LogP contribution < -0.4 is 15.4 Å². The molecular weight excluding hydrogens is 335 g/mol. The quantitative estimate of drug-likeness (QED) is 0.603. The van der Waals surface area contributed by atoms with Gasteiger partial charge >= 0.3 is 0 Å². The van der Waals surface area contributed by atoms with Crippen LogP contribution in [0.3, 0.4) is 0 Å². The van der Waals surface area contributed by atoms with Crippen molar-refractivity contribution in [3.8, 4) is 5.75 Å². The van der Waals surface area contributed by atoms with Crippen LogP contribution in [0.2, 0.25) is 0 Å². The number of halogens is 1. The number of aromatic nitrogens is 2. The molecule has 0 radical (unpaired) electrons. The Morgan fingerprint density at radius 2 is 2.00 bits per heavy atom. The van der Waals surface area contributed by atoms with Gasteiger partial charge in [-0.1, -0.05) is 24.3 Å². The summed E-state index contributed by atoms with van der Waals surface area (Å²) in [6.07, 6.45) is 0.744. The number of rotatable bonds is 7. The molecule has 1 heterocycles. The highest BCUT2D eigenvalue weighted by Gasteiger charge is 2.09. The number of anilines is 3. The molecule has 134 valence electrons. The van der Waals surface area contributed by atoms with Gasteiger partial charge in [-0.25, -0.2) is 9.37 Å². The number of nitrogens with zero attached hydrogens (tertiary/aromatic N) is 2. The summed E-state index contributed by atoms with van der Waals surface area (Å²) in [7, 11) is 1.59. The number of ether oxygens (including phenoxy) is 1. The maximum atomic E-state index is 13.2. The van der Waals surface area contributed by atoms with E-state index in [2.05, 4.69) is 20.6 Å². The normalized spacial score (nSPS) is 11.7. The van der Waals surface area contributed by atoms with Crippen LogP contribution in [0.15, 0.2) is 60.8 Å². The minimum Gasteiger partial charge on any atom is -0.495 e. The number of methoxy groups -OCH3 is 1. The van der Waals surface area contributed by atoms with Gasteiger partial charge in [0.2, 0.25) is 5.95 Å². The second-order valence-electron chi connectivity index (χ2n) is 5.54. The third kappa shape index (κ3) is 4.46. The summed E-state index contributed by atoms with van der Waals surface area (Å²) in [4.78, 5) is 8.53. The number of aliphatic hydroxyl groups excluding tert-OH is 1. The number of nitrogens with one attached hydrogen (secondary N) is 2. The molecule has 1 unspecified atom stereocenters. The fraction of sp³-hybridized carbons (Fsp3) is 0.158. The van der Waals surface area contributed by atoms with Gasteiger partial charge in [-0.2, -0.15) is 4.98 Å². The Labute approximate surface area is 150 Å². The van der Waals surface area contributed by atoms with Crippen molar-refractivity contribution in [1.29, 1.82) is 0 Å². The van der Waals surface area contributed by atoms with Gasteiger partial charge in [0.1, 0.15) is 17.4 Å². The summed E-state index contributed by atoms with van der Waals surface area (Å²) in [5, 5.41) is 16.3. The third-order valence-corrected chi connectivity index (χ3v) is 3.72. The Morgan fingerprint density at radius 3 is 2.81 bits per heavy atom. The molecule has 0 saturated carbocycles. The van der Waals surface area contributed by atoms with Gasteiger partial charge in [-0.3, -0.25) is 0 Å². The fourth-order valence-corrected chi connectivity index (χ4v) is 2.42. The molecule has 1 aromatic heterocycles. The molecule has 0 spiro atoms. The SMILES string of the molecule is COc1ccccc1Nc1nccc(NCC(O)c2cccc(F)c2)n1. The van der Waals surface area contributed by atoms with Crippen molar-refractivity contribution < 1.29 is 14.2 Å². The van der Waals surface area contributed by atoms with Crippen molar-refractivity contribution >= 4 is 17.5 Å². The zero-order valence-electron chi connectivity index (χ0n) is 14.2. The largest absolute Gasteiger partial charge is 0.495 e. The molecule has 0 aliphatic heterocycles. The molecule has 2 aromatic carbocycles. The minimum atomic E-state index is -0.855. The zero-order chi connectivity index (χ0) is 18.4. The lowest BCUT2D eigenvalue weighted by atomic mass is 10.1. The summed E-state index contributed by atoms with van der Waals surface area (Å²) in [6.45, 7) is 0.189. The van der Waals surface area contributed by atoms with Crippen LogP contribution in [0, 0.1) is 5.82 Å². The minimum absolute atomic E-state index is 0.189.